The highest BCUT2D eigenvalue weighted by atomic mass is 32.2. The lowest BCUT2D eigenvalue weighted by molar-refractivity contribution is 0.0999. The van der Waals surface area contributed by atoms with Gasteiger partial charge in [0.25, 0.3) is 0 Å². The third kappa shape index (κ3) is 4.90. The molecule has 0 aliphatic carbocycles. The molecule has 1 aliphatic rings. The van der Waals surface area contributed by atoms with Gasteiger partial charge < -0.3 is 10.1 Å². The van der Waals surface area contributed by atoms with Crippen molar-refractivity contribution in [2.45, 2.75) is 30.3 Å². The molecule has 1 aliphatic heterocycles. The van der Waals surface area contributed by atoms with Gasteiger partial charge in [0.1, 0.15) is 0 Å². The molecule has 0 aromatic rings. The Morgan fingerprint density at radius 3 is 2.93 bits per heavy atom. The van der Waals surface area contributed by atoms with Crippen LogP contribution in [-0.4, -0.2) is 36.8 Å². The number of hydrogen-bond acceptors (Lipinski definition) is 3. The Balaban J connectivity index is 2.06. The van der Waals surface area contributed by atoms with Crippen molar-refractivity contribution >= 4 is 11.8 Å². The van der Waals surface area contributed by atoms with E-state index in [1.54, 1.807) is 0 Å². The van der Waals surface area contributed by atoms with Gasteiger partial charge in [0, 0.05) is 30.3 Å². The molecule has 1 rings (SSSR count). The van der Waals surface area contributed by atoms with E-state index in [2.05, 4.69) is 29.9 Å². The number of hydrogen-bond donors (Lipinski definition) is 1. The molecule has 0 bridgehead atoms. The minimum atomic E-state index is 0.645. The van der Waals surface area contributed by atoms with Gasteiger partial charge in [-0.15, -0.1) is 6.42 Å². The first-order chi connectivity index (χ1) is 6.83. The van der Waals surface area contributed by atoms with Crippen LogP contribution in [0.5, 0.6) is 0 Å². The Labute approximate surface area is 91.2 Å². The monoisotopic (exact) mass is 213 g/mol. The Morgan fingerprint density at radius 2 is 2.29 bits per heavy atom. The van der Waals surface area contributed by atoms with Gasteiger partial charge in [-0.05, 0) is 12.8 Å². The molecule has 0 saturated carbocycles. The molecule has 0 aromatic heterocycles. The molecule has 0 radical (unpaired) electrons. The molecule has 0 amide bonds. The minimum Gasteiger partial charge on any atom is -0.381 e. The van der Waals surface area contributed by atoms with Crippen LogP contribution in [0.15, 0.2) is 0 Å². The van der Waals surface area contributed by atoms with Crippen LogP contribution in [0.25, 0.3) is 0 Å². The molecule has 1 N–H and O–H groups in total. The van der Waals surface area contributed by atoms with Crippen molar-refractivity contribution in [3.05, 3.63) is 0 Å². The molecule has 0 spiro atoms. The van der Waals surface area contributed by atoms with Gasteiger partial charge in [-0.1, -0.05) is 12.8 Å². The van der Waals surface area contributed by atoms with E-state index in [4.69, 9.17) is 11.2 Å². The second-order valence-corrected chi connectivity index (χ2v) is 5.34. The molecular formula is C11H19NOS. The fourth-order valence-electron chi connectivity index (χ4n) is 1.54. The molecule has 1 unspecified atom stereocenters. The fraction of sp³-hybridized carbons (Fsp3) is 0.818. The van der Waals surface area contributed by atoms with Gasteiger partial charge >= 0.3 is 0 Å². The number of rotatable bonds is 5. The van der Waals surface area contributed by atoms with Crippen molar-refractivity contribution < 1.29 is 4.74 Å². The molecule has 14 heavy (non-hydrogen) atoms. The molecule has 0 aromatic carbocycles. The maximum Gasteiger partial charge on any atom is 0.0574 e. The smallest absolute Gasteiger partial charge is 0.0574 e. The molecular weight excluding hydrogens is 194 g/mol. The predicted molar refractivity (Wildman–Crippen MR) is 62.6 cm³/mol. The minimum absolute atomic E-state index is 0.645. The first-order valence-electron chi connectivity index (χ1n) is 5.20. The summed E-state index contributed by atoms with van der Waals surface area (Å²) in [5, 5.41) is 4.66. The van der Waals surface area contributed by atoms with E-state index in [0.29, 0.717) is 11.8 Å². The van der Waals surface area contributed by atoms with Crippen LogP contribution in [0.3, 0.4) is 0 Å². The Hall–Kier alpha value is -0.170. The summed E-state index contributed by atoms with van der Waals surface area (Å²) in [4.78, 5) is 0. The summed E-state index contributed by atoms with van der Waals surface area (Å²) >= 11 is 2.06. The summed E-state index contributed by atoms with van der Waals surface area (Å²) in [5.41, 5.74) is 0. The van der Waals surface area contributed by atoms with Crippen LogP contribution in [0, 0.1) is 12.3 Å². The van der Waals surface area contributed by atoms with Crippen molar-refractivity contribution in [3.8, 4) is 12.3 Å². The molecule has 1 saturated heterocycles. The van der Waals surface area contributed by atoms with E-state index in [1.165, 1.54) is 12.8 Å². The van der Waals surface area contributed by atoms with E-state index in [1.807, 2.05) is 0 Å². The van der Waals surface area contributed by atoms with Crippen LogP contribution in [-0.2, 0) is 4.74 Å². The Bertz CT molecular complexity index is 184. The summed E-state index contributed by atoms with van der Waals surface area (Å²) in [6.07, 6.45) is 7.56. The van der Waals surface area contributed by atoms with Crippen LogP contribution >= 0.6 is 11.8 Å². The number of thioether (sulfide) groups is 1. The van der Waals surface area contributed by atoms with Crippen LogP contribution < -0.4 is 5.32 Å². The van der Waals surface area contributed by atoms with Crippen molar-refractivity contribution in [1.82, 2.24) is 5.32 Å². The number of nitrogens with one attached hydrogen (secondary N) is 1. The highest BCUT2D eigenvalue weighted by Crippen LogP contribution is 2.25. The average molecular weight is 213 g/mol. The second-order valence-electron chi connectivity index (χ2n) is 3.59. The van der Waals surface area contributed by atoms with Crippen molar-refractivity contribution in [2.75, 3.05) is 26.3 Å². The first kappa shape index (κ1) is 11.9. The lowest BCUT2D eigenvalue weighted by atomic mass is 10.2. The zero-order valence-corrected chi connectivity index (χ0v) is 9.61. The van der Waals surface area contributed by atoms with E-state index in [0.717, 1.165) is 25.0 Å². The van der Waals surface area contributed by atoms with E-state index in [-0.39, 0.29) is 0 Å². The third-order valence-corrected chi connectivity index (χ3v) is 3.74. The standard InChI is InChI=1S/C11H19NOS/c1-3-6-12-9-10(2)14-11-4-7-13-8-5-11/h1,10-12H,4-9H2,2H3. The molecule has 1 atom stereocenters. The van der Waals surface area contributed by atoms with Crippen LogP contribution in [0.2, 0.25) is 0 Å². The summed E-state index contributed by atoms with van der Waals surface area (Å²) in [5.74, 6) is 2.59. The highest BCUT2D eigenvalue weighted by Gasteiger charge is 2.16. The van der Waals surface area contributed by atoms with Gasteiger partial charge in [0.05, 0.1) is 6.54 Å². The normalized spacial score (nSPS) is 20.3. The van der Waals surface area contributed by atoms with E-state index in [9.17, 15) is 0 Å². The SMILES string of the molecule is C#CCNCC(C)SC1CCOCC1. The highest BCUT2D eigenvalue weighted by molar-refractivity contribution is 8.00. The molecule has 80 valence electrons. The molecule has 3 heteroatoms. The first-order valence-corrected chi connectivity index (χ1v) is 6.14. The largest absolute Gasteiger partial charge is 0.381 e. The second kappa shape index (κ2) is 7.17. The van der Waals surface area contributed by atoms with Gasteiger partial charge in [-0.2, -0.15) is 11.8 Å². The zero-order chi connectivity index (χ0) is 10.2. The number of ether oxygens (including phenoxy) is 1. The summed E-state index contributed by atoms with van der Waals surface area (Å²) in [6, 6.07) is 0. The van der Waals surface area contributed by atoms with Gasteiger partial charge in [-0.3, -0.25) is 0 Å². The number of terminal acetylenes is 1. The lowest BCUT2D eigenvalue weighted by Gasteiger charge is -2.24. The van der Waals surface area contributed by atoms with Crippen molar-refractivity contribution in [3.63, 3.8) is 0 Å². The van der Waals surface area contributed by atoms with Gasteiger partial charge in [0.15, 0.2) is 0 Å². The fourth-order valence-corrected chi connectivity index (χ4v) is 2.87. The van der Waals surface area contributed by atoms with Crippen molar-refractivity contribution in [1.29, 1.82) is 0 Å². The predicted octanol–water partition coefficient (Wildman–Crippen LogP) is 1.51. The summed E-state index contributed by atoms with van der Waals surface area (Å²) < 4.78 is 5.32. The van der Waals surface area contributed by atoms with Crippen LogP contribution in [0.1, 0.15) is 19.8 Å². The van der Waals surface area contributed by atoms with Crippen molar-refractivity contribution in [2.24, 2.45) is 0 Å². The molecule has 2 nitrogen and oxygen atoms in total. The maximum absolute atomic E-state index is 5.32. The Kier molecular flexibility index (Phi) is 6.09. The average Bonchev–Trinajstić information content (AvgIpc) is 2.20. The van der Waals surface area contributed by atoms with E-state index >= 15 is 0 Å². The quantitative estimate of drug-likeness (QED) is 0.552. The van der Waals surface area contributed by atoms with Gasteiger partial charge in [-0.25, -0.2) is 0 Å². The van der Waals surface area contributed by atoms with E-state index < -0.39 is 0 Å². The molecule has 1 heterocycles. The van der Waals surface area contributed by atoms with Crippen LogP contribution in [0.4, 0.5) is 0 Å². The lowest BCUT2D eigenvalue weighted by Crippen LogP contribution is -2.26. The summed E-state index contributed by atoms with van der Waals surface area (Å²) in [6.45, 7) is 5.80. The topological polar surface area (TPSA) is 21.3 Å². The summed E-state index contributed by atoms with van der Waals surface area (Å²) in [7, 11) is 0. The van der Waals surface area contributed by atoms with Gasteiger partial charge in [0.2, 0.25) is 0 Å². The molecule has 1 fully saturated rings. The zero-order valence-electron chi connectivity index (χ0n) is 8.79. The third-order valence-electron chi connectivity index (χ3n) is 2.25. The maximum atomic E-state index is 5.32. The Morgan fingerprint density at radius 1 is 1.57 bits per heavy atom.